The van der Waals surface area contributed by atoms with Crippen LogP contribution in [0.4, 0.5) is 23.1 Å². The van der Waals surface area contributed by atoms with E-state index in [2.05, 4.69) is 31.8 Å². The van der Waals surface area contributed by atoms with Crippen LogP contribution in [0, 0.1) is 25.2 Å². The third-order valence-electron chi connectivity index (χ3n) is 3.96. The van der Waals surface area contributed by atoms with E-state index in [4.69, 9.17) is 11.1 Å². The lowest BCUT2D eigenvalue weighted by Gasteiger charge is -2.14. The molecule has 0 spiro atoms. The molecule has 0 amide bonds. The molecule has 0 aliphatic carbocycles. The predicted octanol–water partition coefficient (Wildman–Crippen LogP) is 3.74. The van der Waals surface area contributed by atoms with Crippen LogP contribution < -0.4 is 16.5 Å². The van der Waals surface area contributed by atoms with Gasteiger partial charge in [0.15, 0.2) is 0 Å². The Balaban J connectivity index is 1.81. The molecular weight excluding hydrogens is 338 g/mol. The van der Waals surface area contributed by atoms with Crippen molar-refractivity contribution in [2.24, 2.45) is 10.9 Å². The Kier molecular flexibility index (Phi) is 5.28. The molecule has 0 unspecified atom stereocenters. The van der Waals surface area contributed by atoms with E-state index in [1.807, 2.05) is 38.1 Å². The lowest BCUT2D eigenvalue weighted by Crippen LogP contribution is -2.03. The molecule has 0 saturated carbocycles. The van der Waals surface area contributed by atoms with Gasteiger partial charge in [-0.15, -0.1) is 0 Å². The highest BCUT2D eigenvalue weighted by Crippen LogP contribution is 2.25. The van der Waals surface area contributed by atoms with Crippen molar-refractivity contribution in [1.29, 1.82) is 5.26 Å². The van der Waals surface area contributed by atoms with Gasteiger partial charge in [0.2, 0.25) is 5.95 Å². The summed E-state index contributed by atoms with van der Waals surface area (Å²) in [6, 6.07) is 15.0. The van der Waals surface area contributed by atoms with Crippen LogP contribution in [0.25, 0.3) is 0 Å². The average molecular weight is 357 g/mol. The molecule has 4 N–H and O–H groups in total. The highest BCUT2D eigenvalue weighted by atomic mass is 15.1. The van der Waals surface area contributed by atoms with E-state index in [1.165, 1.54) is 0 Å². The SMILES string of the molecule is Cc1cc(/C=N\N)cc(C)c1Nc1ccnc(Nc2ccc(C#N)cc2)n1. The number of rotatable bonds is 5. The van der Waals surface area contributed by atoms with E-state index < -0.39 is 0 Å². The maximum absolute atomic E-state index is 8.87. The standard InChI is InChI=1S/C20H19N7/c1-13-9-16(12-24-22)10-14(2)19(13)26-18-7-8-23-20(27-18)25-17-5-3-15(11-21)4-6-17/h3-10,12H,22H2,1-2H3,(H2,23,25,26,27)/b24-12-. The molecule has 0 aliphatic heterocycles. The number of aryl methyl sites for hydroxylation is 2. The second kappa shape index (κ2) is 7.97. The quantitative estimate of drug-likeness (QED) is 0.364. The fourth-order valence-electron chi connectivity index (χ4n) is 2.73. The van der Waals surface area contributed by atoms with Gasteiger partial charge in [-0.2, -0.15) is 15.3 Å². The smallest absolute Gasteiger partial charge is 0.229 e. The van der Waals surface area contributed by atoms with Crippen molar-refractivity contribution in [2.45, 2.75) is 13.8 Å². The van der Waals surface area contributed by atoms with E-state index in [-0.39, 0.29) is 0 Å². The number of hydrazone groups is 1. The van der Waals surface area contributed by atoms with Gasteiger partial charge in [0.1, 0.15) is 5.82 Å². The molecule has 7 nitrogen and oxygen atoms in total. The Morgan fingerprint density at radius 2 is 1.78 bits per heavy atom. The Morgan fingerprint density at radius 3 is 2.41 bits per heavy atom. The Morgan fingerprint density at radius 1 is 1.07 bits per heavy atom. The zero-order valence-electron chi connectivity index (χ0n) is 15.1. The summed E-state index contributed by atoms with van der Waals surface area (Å²) in [6.07, 6.45) is 3.30. The first kappa shape index (κ1) is 17.9. The van der Waals surface area contributed by atoms with Crippen LogP contribution in [0.3, 0.4) is 0 Å². The minimum absolute atomic E-state index is 0.465. The summed E-state index contributed by atoms with van der Waals surface area (Å²) in [5.74, 6) is 6.37. The number of anilines is 4. The van der Waals surface area contributed by atoms with Crippen molar-refractivity contribution < 1.29 is 0 Å². The summed E-state index contributed by atoms with van der Waals surface area (Å²) < 4.78 is 0. The van der Waals surface area contributed by atoms with E-state index >= 15 is 0 Å². The highest BCUT2D eigenvalue weighted by molar-refractivity contribution is 5.82. The Labute approximate surface area is 157 Å². The van der Waals surface area contributed by atoms with Gasteiger partial charge in [-0.1, -0.05) is 0 Å². The van der Waals surface area contributed by atoms with Crippen molar-refractivity contribution in [1.82, 2.24) is 9.97 Å². The molecule has 3 rings (SSSR count). The topological polar surface area (TPSA) is 112 Å². The van der Waals surface area contributed by atoms with Gasteiger partial charge in [0.05, 0.1) is 17.8 Å². The Hall–Kier alpha value is -3.92. The molecule has 7 heteroatoms. The van der Waals surface area contributed by atoms with E-state index in [0.717, 1.165) is 28.1 Å². The van der Waals surface area contributed by atoms with Crippen molar-refractivity contribution in [3.05, 3.63) is 70.9 Å². The molecule has 0 fully saturated rings. The third-order valence-corrected chi connectivity index (χ3v) is 3.96. The van der Waals surface area contributed by atoms with Crippen LogP contribution in [-0.4, -0.2) is 16.2 Å². The number of nitrogens with two attached hydrogens (primary N) is 1. The summed E-state index contributed by atoms with van der Waals surface area (Å²) >= 11 is 0. The molecule has 0 atom stereocenters. The number of aromatic nitrogens is 2. The molecule has 1 aromatic heterocycles. The summed E-state index contributed by atoms with van der Waals surface area (Å²) in [5.41, 5.74) is 5.46. The first-order valence-electron chi connectivity index (χ1n) is 8.31. The van der Waals surface area contributed by atoms with Crippen LogP contribution >= 0.6 is 0 Å². The summed E-state index contributed by atoms with van der Waals surface area (Å²) in [6.45, 7) is 4.03. The van der Waals surface area contributed by atoms with Crippen LogP contribution in [0.5, 0.6) is 0 Å². The second-order valence-electron chi connectivity index (χ2n) is 6.01. The molecule has 134 valence electrons. The fraction of sp³-hybridized carbons (Fsp3) is 0.100. The number of benzene rings is 2. The van der Waals surface area contributed by atoms with Gasteiger partial charge in [-0.3, -0.25) is 0 Å². The number of nitrogens with one attached hydrogen (secondary N) is 2. The molecule has 0 aliphatic rings. The van der Waals surface area contributed by atoms with Gasteiger partial charge in [-0.25, -0.2) is 4.98 Å². The minimum Gasteiger partial charge on any atom is -0.340 e. The Bertz CT molecular complexity index is 994. The summed E-state index contributed by atoms with van der Waals surface area (Å²) in [7, 11) is 0. The number of nitrogens with zero attached hydrogens (tertiary/aromatic N) is 4. The normalized spacial score (nSPS) is 10.6. The largest absolute Gasteiger partial charge is 0.340 e. The molecule has 27 heavy (non-hydrogen) atoms. The molecule has 2 aromatic carbocycles. The maximum Gasteiger partial charge on any atom is 0.229 e. The number of hydrogen-bond donors (Lipinski definition) is 3. The lowest BCUT2D eigenvalue weighted by molar-refractivity contribution is 1.16. The minimum atomic E-state index is 0.465. The molecular formula is C20H19N7. The molecule has 3 aromatic rings. The van der Waals surface area contributed by atoms with Gasteiger partial charge < -0.3 is 16.5 Å². The fourth-order valence-corrected chi connectivity index (χ4v) is 2.73. The highest BCUT2D eigenvalue weighted by Gasteiger charge is 2.07. The predicted molar refractivity (Wildman–Crippen MR) is 107 cm³/mol. The summed E-state index contributed by atoms with van der Waals surface area (Å²) in [4.78, 5) is 8.75. The van der Waals surface area contributed by atoms with E-state index in [1.54, 1.807) is 30.6 Å². The summed E-state index contributed by atoms with van der Waals surface area (Å²) in [5, 5.41) is 18.9. The van der Waals surface area contributed by atoms with E-state index in [9.17, 15) is 0 Å². The zero-order valence-corrected chi connectivity index (χ0v) is 15.1. The van der Waals surface area contributed by atoms with Crippen molar-refractivity contribution >= 4 is 29.4 Å². The zero-order chi connectivity index (χ0) is 19.2. The van der Waals surface area contributed by atoms with Gasteiger partial charge in [-0.05, 0) is 73.0 Å². The van der Waals surface area contributed by atoms with Crippen LogP contribution in [-0.2, 0) is 0 Å². The monoisotopic (exact) mass is 357 g/mol. The first-order valence-corrected chi connectivity index (χ1v) is 8.31. The first-order chi connectivity index (χ1) is 13.1. The van der Waals surface area contributed by atoms with Crippen molar-refractivity contribution in [3.63, 3.8) is 0 Å². The molecule has 0 saturated heterocycles. The average Bonchev–Trinajstić information content (AvgIpc) is 2.66. The maximum atomic E-state index is 8.87. The van der Waals surface area contributed by atoms with Crippen molar-refractivity contribution in [2.75, 3.05) is 10.6 Å². The van der Waals surface area contributed by atoms with Gasteiger partial charge in [0, 0.05) is 17.6 Å². The molecule has 1 heterocycles. The van der Waals surface area contributed by atoms with Gasteiger partial charge in [0.25, 0.3) is 0 Å². The molecule has 0 radical (unpaired) electrons. The van der Waals surface area contributed by atoms with Crippen molar-refractivity contribution in [3.8, 4) is 6.07 Å². The van der Waals surface area contributed by atoms with Gasteiger partial charge >= 0.3 is 0 Å². The van der Waals surface area contributed by atoms with Crippen LogP contribution in [0.1, 0.15) is 22.3 Å². The molecule has 0 bridgehead atoms. The van der Waals surface area contributed by atoms with Crippen LogP contribution in [0.2, 0.25) is 0 Å². The number of hydrogen-bond acceptors (Lipinski definition) is 7. The number of nitriles is 1. The van der Waals surface area contributed by atoms with E-state index in [0.29, 0.717) is 17.3 Å². The lowest BCUT2D eigenvalue weighted by atomic mass is 10.0. The third kappa shape index (κ3) is 4.38. The second-order valence-corrected chi connectivity index (χ2v) is 6.01. The van der Waals surface area contributed by atoms with Crippen LogP contribution in [0.15, 0.2) is 53.8 Å².